The molecule has 2 bridgehead atoms. The van der Waals surface area contributed by atoms with Crippen molar-refractivity contribution in [3.05, 3.63) is 89.6 Å². The third-order valence-corrected chi connectivity index (χ3v) is 15.5. The number of fused-ring (bicyclic) bond motifs is 3. The number of aliphatic hydroxyl groups excluding tert-OH is 1. The number of nitrogens with zero attached hydrogens (tertiary/aromatic N) is 10. The summed E-state index contributed by atoms with van der Waals surface area (Å²) in [7, 11) is 0. The monoisotopic (exact) mass is 974 g/mol. The van der Waals surface area contributed by atoms with Gasteiger partial charge in [-0.15, -0.1) is 0 Å². The third-order valence-electron chi connectivity index (χ3n) is 15.2. The van der Waals surface area contributed by atoms with Crippen LogP contribution in [0, 0.1) is 5.92 Å². The van der Waals surface area contributed by atoms with Gasteiger partial charge in [0.15, 0.2) is 23.3 Å². The van der Waals surface area contributed by atoms with E-state index in [1.54, 1.807) is 58.3 Å². The second-order valence-electron chi connectivity index (χ2n) is 20.0. The normalized spacial score (nSPS) is 26.9. The van der Waals surface area contributed by atoms with Crippen molar-refractivity contribution < 1.29 is 28.2 Å². The molecule has 8 aromatic rings. The highest BCUT2D eigenvalue weighted by Gasteiger charge is 2.58. The number of alkyl carbamates (subject to hydrolysis) is 1. The van der Waals surface area contributed by atoms with E-state index in [9.17, 15) is 9.90 Å². The number of hydrogen-bond acceptors (Lipinski definition) is 14. The number of H-pyrrole nitrogens is 2. The van der Waals surface area contributed by atoms with Crippen LogP contribution in [0.1, 0.15) is 93.6 Å². The summed E-state index contributed by atoms with van der Waals surface area (Å²) in [5.41, 5.74) is 5.47. The van der Waals surface area contributed by atoms with Crippen molar-refractivity contribution in [1.29, 1.82) is 0 Å². The molecule has 7 aromatic heterocycles. The first-order valence-electron chi connectivity index (χ1n) is 23.8. The molecule has 6 aliphatic rings. The van der Waals surface area contributed by atoms with E-state index >= 15 is 8.78 Å². The molecule has 1 amide bonds. The summed E-state index contributed by atoms with van der Waals surface area (Å²) < 4.78 is 47.9. The van der Waals surface area contributed by atoms with Crippen LogP contribution in [-0.4, -0.2) is 113 Å². The molecule has 6 saturated carbocycles. The summed E-state index contributed by atoms with van der Waals surface area (Å²) in [6.45, 7) is 2.32. The van der Waals surface area contributed by atoms with E-state index in [0.29, 0.717) is 89.0 Å². The summed E-state index contributed by atoms with van der Waals surface area (Å²) in [5, 5.41) is 52.9. The SMILES string of the molecule is CC1(NC(O)O[C@@H]2CC[C@H](c3cc(Nc4nccn5ncc(-c6ccc7c(cnn7Cc7cnc(Nc8cc([C@@H]9CC[C@H](OC(=O)NC%10%11CC(C%10)C%11)[C@H]9F)[nH]n8)c8c(Cl)cnn78)c6)c45)n[nH]3)[C@@H]2F)CC1. The Kier molecular flexibility index (Phi) is 10.2. The molecule has 0 spiro atoms. The lowest BCUT2D eigenvalue weighted by atomic mass is 9.50. The Morgan fingerprint density at radius 2 is 1.60 bits per heavy atom. The maximum absolute atomic E-state index is 15.7. The highest BCUT2D eigenvalue weighted by Crippen LogP contribution is 2.57. The molecule has 1 unspecified atom stereocenters. The summed E-state index contributed by atoms with van der Waals surface area (Å²) in [6.07, 6.45) is 11.0. The number of halogens is 3. The Labute approximate surface area is 402 Å². The first kappa shape index (κ1) is 43.3. The molecule has 0 radical (unpaired) electrons. The molecule has 7 atom stereocenters. The highest BCUT2D eigenvalue weighted by molar-refractivity contribution is 6.34. The Hall–Kier alpha value is -6.75. The van der Waals surface area contributed by atoms with E-state index in [4.69, 9.17) is 31.2 Å². The van der Waals surface area contributed by atoms with Gasteiger partial charge >= 0.3 is 6.09 Å². The number of alkyl halides is 2. The number of aromatic nitrogens is 12. The molecule has 0 saturated heterocycles. The molecule has 6 aliphatic carbocycles. The zero-order chi connectivity index (χ0) is 47.5. The van der Waals surface area contributed by atoms with Gasteiger partial charge in [-0.1, -0.05) is 17.7 Å². The Bertz CT molecular complexity index is 3290. The summed E-state index contributed by atoms with van der Waals surface area (Å²) in [4.78, 5) is 21.9. The van der Waals surface area contributed by atoms with E-state index < -0.39 is 48.9 Å². The van der Waals surface area contributed by atoms with E-state index in [0.717, 1.165) is 59.7 Å². The van der Waals surface area contributed by atoms with Crippen LogP contribution >= 0.6 is 11.6 Å². The Morgan fingerprint density at radius 3 is 2.31 bits per heavy atom. The van der Waals surface area contributed by atoms with E-state index in [1.807, 2.05) is 29.8 Å². The molecule has 7 heterocycles. The van der Waals surface area contributed by atoms with Gasteiger partial charge in [-0.2, -0.15) is 25.5 Å². The second kappa shape index (κ2) is 16.4. The number of nitrogens with one attached hydrogen (secondary N) is 6. The fourth-order valence-corrected chi connectivity index (χ4v) is 11.2. The van der Waals surface area contributed by atoms with Gasteiger partial charge in [0.25, 0.3) is 0 Å². The number of carbonyl (C=O) groups is 1. The van der Waals surface area contributed by atoms with Crippen LogP contribution in [0.25, 0.3) is 33.1 Å². The van der Waals surface area contributed by atoms with Crippen molar-refractivity contribution in [2.45, 2.75) is 125 Å². The van der Waals surface area contributed by atoms with Crippen molar-refractivity contribution in [2.75, 3.05) is 10.6 Å². The van der Waals surface area contributed by atoms with Crippen molar-refractivity contribution in [3.63, 3.8) is 0 Å². The zero-order valence-corrected chi connectivity index (χ0v) is 38.6. The van der Waals surface area contributed by atoms with Gasteiger partial charge < -0.3 is 30.5 Å². The molecular weight excluding hydrogens is 926 g/mol. The van der Waals surface area contributed by atoms with Gasteiger partial charge in [0.05, 0.1) is 53.7 Å². The van der Waals surface area contributed by atoms with Crippen molar-refractivity contribution in [2.24, 2.45) is 5.92 Å². The maximum atomic E-state index is 15.7. The van der Waals surface area contributed by atoms with Gasteiger partial charge in [-0.05, 0) is 88.3 Å². The smallest absolute Gasteiger partial charge is 0.407 e. The number of aliphatic hydroxyl groups is 1. The number of carbonyl (C=O) groups excluding carboxylic acids is 1. The predicted octanol–water partition coefficient (Wildman–Crippen LogP) is 7.31. The minimum atomic E-state index is -1.38. The third kappa shape index (κ3) is 7.67. The Morgan fingerprint density at radius 1 is 0.886 bits per heavy atom. The van der Waals surface area contributed by atoms with Crippen LogP contribution in [-0.2, 0) is 16.0 Å². The van der Waals surface area contributed by atoms with Gasteiger partial charge in [0.1, 0.15) is 29.5 Å². The van der Waals surface area contributed by atoms with Gasteiger partial charge in [-0.25, -0.2) is 32.6 Å². The first-order chi connectivity index (χ1) is 33.9. The van der Waals surface area contributed by atoms with Crippen LogP contribution in [0.3, 0.4) is 0 Å². The van der Waals surface area contributed by atoms with E-state index in [-0.39, 0.29) is 11.1 Å². The Balaban J connectivity index is 0.683. The lowest BCUT2D eigenvalue weighted by Gasteiger charge is -2.61. The van der Waals surface area contributed by atoms with Crippen LogP contribution in [0.15, 0.2) is 67.5 Å². The number of ether oxygens (including phenoxy) is 2. The quantitative estimate of drug-likeness (QED) is 0.0499. The highest BCUT2D eigenvalue weighted by atomic mass is 35.5. The minimum Gasteiger partial charge on any atom is -0.443 e. The second-order valence-corrected chi connectivity index (χ2v) is 20.4. The number of benzene rings is 1. The molecule has 14 rings (SSSR count). The molecule has 23 heteroatoms. The topological polar surface area (TPSA) is 239 Å². The number of anilines is 4. The summed E-state index contributed by atoms with van der Waals surface area (Å²) in [6, 6.07) is 9.57. The minimum absolute atomic E-state index is 0.135. The first-order valence-corrected chi connectivity index (χ1v) is 24.1. The van der Waals surface area contributed by atoms with Crippen molar-refractivity contribution >= 4 is 62.9 Å². The standard InChI is InChI=1S/C47H49ClF2N16O4/c1-46(8-9-46)58-44(67)69-34-6-3-27(38(34)49)31-13-36(62-60-31)56-42-40-29(20-54-64(40)11-10-51-42)24-2-5-33-25(12-24)18-53-65(33)22-26-19-52-43(41-30(48)21-55-66(26)41)57-37-14-32(61-63-37)28-4-7-35(39(28)50)70-45(68)59-47-15-23(16-47)17-47/h2,5,10-14,18-21,23,27-28,34-35,38-39,44,58,67H,3-4,6-9,15-17,22H2,1H3,(H,59,68)(H2,51,56,60,62)(H2,52,57,61,63)/t23?,27-,28+,34-,35+,38+,39+,44?,47?/m1/s1. The van der Waals surface area contributed by atoms with Crippen molar-refractivity contribution in [3.8, 4) is 11.1 Å². The summed E-state index contributed by atoms with van der Waals surface area (Å²) in [5.74, 6) is 1.55. The van der Waals surface area contributed by atoms with Crippen LogP contribution in [0.5, 0.6) is 0 Å². The lowest BCUT2D eigenvalue weighted by molar-refractivity contribution is -0.170. The number of aromatic amines is 2. The molecule has 70 heavy (non-hydrogen) atoms. The average Bonchev–Trinajstić information content (AvgIpc) is 4.11. The van der Waals surface area contributed by atoms with E-state index in [2.05, 4.69) is 56.8 Å². The fraction of sp³-hybridized carbons (Fsp3) is 0.447. The molecule has 20 nitrogen and oxygen atoms in total. The van der Waals surface area contributed by atoms with E-state index in [1.165, 1.54) is 0 Å². The molecule has 1 aromatic carbocycles. The van der Waals surface area contributed by atoms with Gasteiger partial charge in [0.2, 0.25) is 6.41 Å². The largest absolute Gasteiger partial charge is 0.443 e. The molecule has 362 valence electrons. The number of hydrogen-bond donors (Lipinski definition) is 7. The molecule has 7 N–H and O–H groups in total. The maximum Gasteiger partial charge on any atom is 0.407 e. The average molecular weight is 975 g/mol. The number of amides is 1. The van der Waals surface area contributed by atoms with Crippen molar-refractivity contribution in [1.82, 2.24) is 70.0 Å². The molecular formula is C47H49ClF2N16O4. The zero-order valence-electron chi connectivity index (χ0n) is 37.8. The van der Waals surface area contributed by atoms with Gasteiger partial charge in [-0.3, -0.25) is 20.2 Å². The van der Waals surface area contributed by atoms with Crippen LogP contribution in [0.4, 0.5) is 36.8 Å². The molecule has 0 aliphatic heterocycles. The fourth-order valence-electron chi connectivity index (χ4n) is 11.0. The predicted molar refractivity (Wildman–Crippen MR) is 251 cm³/mol. The van der Waals surface area contributed by atoms with Crippen LogP contribution in [0.2, 0.25) is 5.02 Å². The van der Waals surface area contributed by atoms with Crippen LogP contribution < -0.4 is 21.3 Å². The summed E-state index contributed by atoms with van der Waals surface area (Å²) >= 11 is 6.71. The molecule has 6 fully saturated rings. The lowest BCUT2D eigenvalue weighted by Crippen LogP contribution is -2.68. The van der Waals surface area contributed by atoms with Gasteiger partial charge in [0, 0.05) is 69.8 Å². The number of rotatable bonds is 15.